The van der Waals surface area contributed by atoms with Crippen LogP contribution in [0, 0.1) is 6.92 Å². The van der Waals surface area contributed by atoms with E-state index in [0.29, 0.717) is 30.2 Å². The molecule has 0 saturated heterocycles. The van der Waals surface area contributed by atoms with Gasteiger partial charge in [0.2, 0.25) is 0 Å². The number of ether oxygens (including phenoxy) is 1. The van der Waals surface area contributed by atoms with Crippen LogP contribution in [-0.4, -0.2) is 23.1 Å². The van der Waals surface area contributed by atoms with Gasteiger partial charge in [-0.05, 0) is 36.2 Å². The standard InChI is InChI=1S/C23H24N2O3/c1-17-12-13-20(22(14-17)28-16-18-8-4-3-5-9-18)24-23(27)25(2)15-19-10-6-7-11-21(19)26/h3-14,26H,15-16H2,1-2H3,(H,24,27). The van der Waals surface area contributed by atoms with Crippen molar-refractivity contribution in [1.82, 2.24) is 4.90 Å². The number of aryl methyl sites for hydroxylation is 1. The summed E-state index contributed by atoms with van der Waals surface area (Å²) >= 11 is 0. The van der Waals surface area contributed by atoms with Gasteiger partial charge in [0.1, 0.15) is 18.1 Å². The van der Waals surface area contributed by atoms with E-state index in [1.165, 1.54) is 4.90 Å². The van der Waals surface area contributed by atoms with E-state index in [4.69, 9.17) is 4.74 Å². The van der Waals surface area contributed by atoms with Gasteiger partial charge in [-0.3, -0.25) is 0 Å². The summed E-state index contributed by atoms with van der Waals surface area (Å²) in [7, 11) is 1.68. The molecule has 3 aromatic carbocycles. The van der Waals surface area contributed by atoms with E-state index in [0.717, 1.165) is 11.1 Å². The lowest BCUT2D eigenvalue weighted by Gasteiger charge is -2.20. The van der Waals surface area contributed by atoms with Gasteiger partial charge in [0.25, 0.3) is 0 Å². The van der Waals surface area contributed by atoms with Crippen LogP contribution in [0.4, 0.5) is 10.5 Å². The summed E-state index contributed by atoms with van der Waals surface area (Å²) < 4.78 is 5.95. The smallest absolute Gasteiger partial charge is 0.321 e. The summed E-state index contributed by atoms with van der Waals surface area (Å²) in [6.07, 6.45) is 0. The number of hydrogen-bond donors (Lipinski definition) is 2. The van der Waals surface area contributed by atoms with Gasteiger partial charge in [0.05, 0.1) is 12.2 Å². The van der Waals surface area contributed by atoms with Crippen molar-refractivity contribution in [1.29, 1.82) is 0 Å². The van der Waals surface area contributed by atoms with Crippen molar-refractivity contribution >= 4 is 11.7 Å². The van der Waals surface area contributed by atoms with Gasteiger partial charge in [-0.15, -0.1) is 0 Å². The van der Waals surface area contributed by atoms with E-state index in [1.807, 2.05) is 61.5 Å². The highest BCUT2D eigenvalue weighted by Gasteiger charge is 2.14. The first-order valence-corrected chi connectivity index (χ1v) is 9.09. The van der Waals surface area contributed by atoms with Crippen molar-refractivity contribution in [3.8, 4) is 11.5 Å². The second kappa shape index (κ2) is 8.95. The third-order valence-electron chi connectivity index (χ3n) is 4.36. The maximum absolute atomic E-state index is 12.6. The molecule has 0 aromatic heterocycles. The Morgan fingerprint density at radius 3 is 2.50 bits per heavy atom. The first-order valence-electron chi connectivity index (χ1n) is 9.09. The predicted octanol–water partition coefficient (Wildman–Crippen LogP) is 4.94. The molecule has 0 fully saturated rings. The molecule has 0 atom stereocenters. The molecule has 0 spiro atoms. The maximum Gasteiger partial charge on any atom is 0.321 e. The van der Waals surface area contributed by atoms with Crippen LogP contribution < -0.4 is 10.1 Å². The fraction of sp³-hybridized carbons (Fsp3) is 0.174. The summed E-state index contributed by atoms with van der Waals surface area (Å²) in [5, 5.41) is 12.8. The highest BCUT2D eigenvalue weighted by Crippen LogP contribution is 2.27. The summed E-state index contributed by atoms with van der Waals surface area (Å²) in [6.45, 7) is 2.69. The van der Waals surface area contributed by atoms with E-state index >= 15 is 0 Å². The second-order valence-corrected chi connectivity index (χ2v) is 6.69. The van der Waals surface area contributed by atoms with E-state index in [1.54, 1.807) is 25.2 Å². The Labute approximate surface area is 165 Å². The summed E-state index contributed by atoms with van der Waals surface area (Å²) in [5.74, 6) is 0.789. The molecule has 0 saturated carbocycles. The lowest BCUT2D eigenvalue weighted by Crippen LogP contribution is -2.31. The van der Waals surface area contributed by atoms with Crippen LogP contribution in [0.1, 0.15) is 16.7 Å². The highest BCUT2D eigenvalue weighted by atomic mass is 16.5. The van der Waals surface area contributed by atoms with Crippen LogP contribution in [0.5, 0.6) is 11.5 Å². The van der Waals surface area contributed by atoms with Crippen molar-refractivity contribution in [2.75, 3.05) is 12.4 Å². The van der Waals surface area contributed by atoms with Gasteiger partial charge in [-0.1, -0.05) is 54.6 Å². The molecule has 3 rings (SSSR count). The normalized spacial score (nSPS) is 10.4. The zero-order valence-electron chi connectivity index (χ0n) is 16.1. The third kappa shape index (κ3) is 5.04. The zero-order chi connectivity index (χ0) is 19.9. The monoisotopic (exact) mass is 376 g/mol. The number of phenolic OH excluding ortho intramolecular Hbond substituents is 1. The number of carbonyl (C=O) groups is 1. The quantitative estimate of drug-likeness (QED) is 0.640. The van der Waals surface area contributed by atoms with Crippen LogP contribution in [0.15, 0.2) is 72.8 Å². The maximum atomic E-state index is 12.6. The number of urea groups is 1. The molecule has 0 aliphatic rings. The van der Waals surface area contributed by atoms with Crippen molar-refractivity contribution in [2.45, 2.75) is 20.1 Å². The van der Waals surface area contributed by atoms with Crippen molar-refractivity contribution in [3.63, 3.8) is 0 Å². The molecular formula is C23H24N2O3. The number of carbonyl (C=O) groups excluding carboxylic acids is 1. The lowest BCUT2D eigenvalue weighted by molar-refractivity contribution is 0.220. The third-order valence-corrected chi connectivity index (χ3v) is 4.36. The number of para-hydroxylation sites is 1. The van der Waals surface area contributed by atoms with Crippen molar-refractivity contribution < 1.29 is 14.6 Å². The Hall–Kier alpha value is -3.47. The lowest BCUT2D eigenvalue weighted by atomic mass is 10.2. The molecule has 0 radical (unpaired) electrons. The second-order valence-electron chi connectivity index (χ2n) is 6.69. The van der Waals surface area contributed by atoms with Crippen LogP contribution in [0.3, 0.4) is 0 Å². The Bertz CT molecular complexity index is 942. The van der Waals surface area contributed by atoms with Crippen LogP contribution in [-0.2, 0) is 13.2 Å². The topological polar surface area (TPSA) is 61.8 Å². The Morgan fingerprint density at radius 1 is 1.04 bits per heavy atom. The fourth-order valence-corrected chi connectivity index (χ4v) is 2.77. The van der Waals surface area contributed by atoms with Gasteiger partial charge in [-0.25, -0.2) is 4.79 Å². The van der Waals surface area contributed by atoms with E-state index < -0.39 is 0 Å². The summed E-state index contributed by atoms with van der Waals surface area (Å²) in [6, 6.07) is 22.2. The number of aromatic hydroxyl groups is 1. The van der Waals surface area contributed by atoms with Crippen LogP contribution in [0.25, 0.3) is 0 Å². The average molecular weight is 376 g/mol. The van der Waals surface area contributed by atoms with Gasteiger partial charge >= 0.3 is 6.03 Å². The number of anilines is 1. The molecular weight excluding hydrogens is 352 g/mol. The Kier molecular flexibility index (Phi) is 6.17. The number of nitrogens with zero attached hydrogens (tertiary/aromatic N) is 1. The number of nitrogens with one attached hydrogen (secondary N) is 1. The molecule has 0 heterocycles. The largest absolute Gasteiger partial charge is 0.508 e. The molecule has 0 aliphatic heterocycles. The van der Waals surface area contributed by atoms with Gasteiger partial charge in [0.15, 0.2) is 0 Å². The van der Waals surface area contributed by atoms with Crippen molar-refractivity contribution in [3.05, 3.63) is 89.5 Å². The first-order chi connectivity index (χ1) is 13.5. The Balaban J connectivity index is 1.69. The predicted molar refractivity (Wildman–Crippen MR) is 111 cm³/mol. The minimum Gasteiger partial charge on any atom is -0.508 e. The number of phenols is 1. The van der Waals surface area contributed by atoms with E-state index in [9.17, 15) is 9.90 Å². The molecule has 5 nitrogen and oxygen atoms in total. The molecule has 28 heavy (non-hydrogen) atoms. The number of benzene rings is 3. The minimum atomic E-state index is -0.281. The van der Waals surface area contributed by atoms with Gasteiger partial charge in [-0.2, -0.15) is 0 Å². The van der Waals surface area contributed by atoms with Crippen LogP contribution in [0.2, 0.25) is 0 Å². The molecule has 3 aromatic rings. The zero-order valence-corrected chi connectivity index (χ0v) is 16.1. The molecule has 0 bridgehead atoms. The summed E-state index contributed by atoms with van der Waals surface area (Å²) in [4.78, 5) is 14.1. The van der Waals surface area contributed by atoms with E-state index in [2.05, 4.69) is 5.32 Å². The van der Waals surface area contributed by atoms with Crippen molar-refractivity contribution in [2.24, 2.45) is 0 Å². The molecule has 5 heteroatoms. The first kappa shape index (κ1) is 19.3. The molecule has 0 aliphatic carbocycles. The number of hydrogen-bond acceptors (Lipinski definition) is 3. The molecule has 144 valence electrons. The average Bonchev–Trinajstić information content (AvgIpc) is 2.70. The van der Waals surface area contributed by atoms with Crippen LogP contribution >= 0.6 is 0 Å². The highest BCUT2D eigenvalue weighted by molar-refractivity contribution is 5.90. The SMILES string of the molecule is Cc1ccc(NC(=O)N(C)Cc2ccccc2O)c(OCc2ccccc2)c1. The molecule has 2 amide bonds. The van der Waals surface area contributed by atoms with Gasteiger partial charge < -0.3 is 20.1 Å². The summed E-state index contributed by atoms with van der Waals surface area (Å²) in [5.41, 5.74) is 3.39. The molecule has 0 unspecified atom stereocenters. The Morgan fingerprint density at radius 2 is 1.75 bits per heavy atom. The molecule has 2 N–H and O–H groups in total. The fourth-order valence-electron chi connectivity index (χ4n) is 2.77. The van der Waals surface area contributed by atoms with Gasteiger partial charge in [0, 0.05) is 12.6 Å². The van der Waals surface area contributed by atoms with E-state index in [-0.39, 0.29) is 11.8 Å². The minimum absolute atomic E-state index is 0.171. The number of amides is 2. The number of rotatable bonds is 6.